The van der Waals surface area contributed by atoms with Crippen molar-refractivity contribution in [2.24, 2.45) is 0 Å². The van der Waals surface area contributed by atoms with E-state index in [1.807, 2.05) is 0 Å². The minimum atomic E-state index is -0.855. The number of amides is 1. The third kappa shape index (κ3) is 5.28. The highest BCUT2D eigenvalue weighted by atomic mass is 19.1. The van der Waals surface area contributed by atoms with E-state index >= 15 is 0 Å². The highest BCUT2D eigenvalue weighted by Crippen LogP contribution is 2.25. The maximum atomic E-state index is 13.4. The largest absolute Gasteiger partial charge is 0.474 e. The molecule has 0 saturated carbocycles. The number of nitrogens with zero attached hydrogens (tertiary/aromatic N) is 5. The number of nitriles is 2. The quantitative estimate of drug-likeness (QED) is 0.760. The minimum Gasteiger partial charge on any atom is -0.474 e. The van der Waals surface area contributed by atoms with Gasteiger partial charge in [-0.25, -0.2) is 4.79 Å². The lowest BCUT2D eigenvalue weighted by molar-refractivity contribution is -0.00382. The molecule has 0 bridgehead atoms. The first-order valence-corrected chi connectivity index (χ1v) is 8.19. The van der Waals surface area contributed by atoms with Gasteiger partial charge in [-0.05, 0) is 20.8 Å². The van der Waals surface area contributed by atoms with E-state index < -0.39 is 17.6 Å². The Kier molecular flexibility index (Phi) is 5.93. The van der Waals surface area contributed by atoms with Crippen LogP contribution in [0.5, 0.6) is 5.88 Å². The lowest BCUT2D eigenvalue weighted by Crippen LogP contribution is -2.50. The van der Waals surface area contributed by atoms with Crippen molar-refractivity contribution < 1.29 is 18.7 Å². The fraction of sp³-hybridized carbons (Fsp3) is 0.588. The van der Waals surface area contributed by atoms with E-state index in [0.29, 0.717) is 19.4 Å². The molecule has 0 N–H and O–H groups in total. The van der Waals surface area contributed by atoms with Crippen LogP contribution in [0.3, 0.4) is 0 Å². The van der Waals surface area contributed by atoms with Crippen LogP contribution in [0, 0.1) is 28.6 Å². The predicted octanol–water partition coefficient (Wildman–Crippen LogP) is 2.55. The molecule has 138 valence electrons. The second-order valence-electron chi connectivity index (χ2n) is 6.92. The summed E-state index contributed by atoms with van der Waals surface area (Å²) in [5, 5.41) is 17.9. The van der Waals surface area contributed by atoms with Crippen molar-refractivity contribution in [3.63, 3.8) is 0 Å². The molecule has 1 aliphatic heterocycles. The highest BCUT2D eigenvalue weighted by molar-refractivity contribution is 5.68. The normalized spacial score (nSPS) is 20.0. The summed E-state index contributed by atoms with van der Waals surface area (Å²) in [6.07, 6.45) is 0.124. The first-order valence-electron chi connectivity index (χ1n) is 8.19. The molecule has 1 aliphatic rings. The molecule has 2 atom stereocenters. The molecule has 0 aromatic carbocycles. The summed E-state index contributed by atoms with van der Waals surface area (Å²) in [5.41, 5.74) is -0.631. The van der Waals surface area contributed by atoms with Crippen LogP contribution in [-0.4, -0.2) is 45.3 Å². The summed E-state index contributed by atoms with van der Waals surface area (Å²) < 4.78 is 24.4. The number of carbonyl (C=O) groups excluding carboxylic acids is 1. The van der Waals surface area contributed by atoms with Gasteiger partial charge in [0.25, 0.3) is 0 Å². The number of ether oxygens (including phenoxy) is 2. The van der Waals surface area contributed by atoms with Crippen molar-refractivity contribution in [2.45, 2.75) is 57.8 Å². The molecule has 1 saturated heterocycles. The first kappa shape index (κ1) is 19.4. The summed E-state index contributed by atoms with van der Waals surface area (Å²) >= 11 is 0. The van der Waals surface area contributed by atoms with Crippen LogP contribution in [0.2, 0.25) is 0 Å². The SMILES string of the molecule is CC(C)(C)OC(=O)N1CCC(Oc2cc(F)nc(C#N)n2)CC1CC#N. The molecular formula is C17H20FN5O3. The number of piperidine rings is 1. The third-order valence-corrected chi connectivity index (χ3v) is 3.68. The minimum absolute atomic E-state index is 0.0412. The smallest absolute Gasteiger partial charge is 0.410 e. The van der Waals surface area contributed by atoms with Gasteiger partial charge in [0.15, 0.2) is 0 Å². The van der Waals surface area contributed by atoms with Crippen LogP contribution in [0.25, 0.3) is 0 Å². The maximum absolute atomic E-state index is 13.4. The molecule has 9 heteroatoms. The number of hydrogen-bond acceptors (Lipinski definition) is 7. The monoisotopic (exact) mass is 361 g/mol. The fourth-order valence-electron chi connectivity index (χ4n) is 2.66. The van der Waals surface area contributed by atoms with Crippen LogP contribution in [0.15, 0.2) is 6.07 Å². The Morgan fingerprint density at radius 1 is 1.42 bits per heavy atom. The van der Waals surface area contributed by atoms with Gasteiger partial charge in [-0.1, -0.05) is 0 Å². The molecule has 8 nitrogen and oxygen atoms in total. The topological polar surface area (TPSA) is 112 Å². The molecule has 26 heavy (non-hydrogen) atoms. The maximum Gasteiger partial charge on any atom is 0.410 e. The van der Waals surface area contributed by atoms with Crippen molar-refractivity contribution in [2.75, 3.05) is 6.54 Å². The van der Waals surface area contributed by atoms with Crippen molar-refractivity contribution >= 4 is 6.09 Å². The van der Waals surface area contributed by atoms with E-state index in [2.05, 4.69) is 16.0 Å². The molecule has 1 fully saturated rings. The summed E-state index contributed by atoms with van der Waals surface area (Å²) in [6.45, 7) is 5.66. The average molecular weight is 361 g/mol. The fourth-order valence-corrected chi connectivity index (χ4v) is 2.66. The standard InChI is InChI=1S/C17H20FN5O3/c1-17(2,3)26-16(24)23-7-5-12(8-11(23)4-6-19)25-15-9-13(18)21-14(10-20)22-15/h9,11-12H,4-5,7-8H2,1-3H3. The zero-order valence-electron chi connectivity index (χ0n) is 14.9. The van der Waals surface area contributed by atoms with Crippen LogP contribution >= 0.6 is 0 Å². The summed E-state index contributed by atoms with van der Waals surface area (Å²) in [6, 6.07) is 4.35. The zero-order valence-corrected chi connectivity index (χ0v) is 14.9. The molecule has 0 spiro atoms. The van der Waals surface area contributed by atoms with Gasteiger partial charge in [-0.2, -0.15) is 24.9 Å². The molecular weight excluding hydrogens is 341 g/mol. The molecule has 1 aromatic heterocycles. The van der Waals surface area contributed by atoms with Gasteiger partial charge >= 0.3 is 6.09 Å². The van der Waals surface area contributed by atoms with Gasteiger partial charge in [0.1, 0.15) is 17.8 Å². The van der Waals surface area contributed by atoms with E-state index in [0.717, 1.165) is 6.07 Å². The van der Waals surface area contributed by atoms with Gasteiger partial charge in [0.2, 0.25) is 17.7 Å². The van der Waals surface area contributed by atoms with Crippen molar-refractivity contribution in [1.29, 1.82) is 10.5 Å². The van der Waals surface area contributed by atoms with Crippen molar-refractivity contribution in [3.8, 4) is 18.0 Å². The lowest BCUT2D eigenvalue weighted by Gasteiger charge is -2.38. The van der Waals surface area contributed by atoms with Crippen molar-refractivity contribution in [1.82, 2.24) is 14.9 Å². The summed E-state index contributed by atoms with van der Waals surface area (Å²) in [7, 11) is 0. The van der Waals surface area contributed by atoms with Gasteiger partial charge < -0.3 is 14.4 Å². The van der Waals surface area contributed by atoms with E-state index in [1.165, 1.54) is 4.90 Å². The molecule has 1 aromatic rings. The van der Waals surface area contributed by atoms with Crippen LogP contribution in [-0.2, 0) is 4.74 Å². The van der Waals surface area contributed by atoms with Crippen LogP contribution < -0.4 is 4.74 Å². The van der Waals surface area contributed by atoms with E-state index in [-0.39, 0.29) is 30.3 Å². The number of hydrogen-bond donors (Lipinski definition) is 0. The number of halogens is 1. The molecule has 0 radical (unpaired) electrons. The number of aromatic nitrogens is 2. The molecule has 2 unspecified atom stereocenters. The number of carbonyl (C=O) groups is 1. The van der Waals surface area contributed by atoms with E-state index in [4.69, 9.17) is 20.0 Å². The van der Waals surface area contributed by atoms with Gasteiger partial charge in [-0.15, -0.1) is 0 Å². The van der Waals surface area contributed by atoms with Crippen LogP contribution in [0.1, 0.15) is 45.9 Å². The average Bonchev–Trinajstić information content (AvgIpc) is 2.53. The van der Waals surface area contributed by atoms with Crippen molar-refractivity contribution in [3.05, 3.63) is 17.8 Å². The number of rotatable bonds is 3. The summed E-state index contributed by atoms with van der Waals surface area (Å²) in [5.74, 6) is -1.22. The molecule has 2 rings (SSSR count). The van der Waals surface area contributed by atoms with E-state index in [9.17, 15) is 9.18 Å². The Labute approximate surface area is 151 Å². The Bertz CT molecular complexity index is 750. The first-order chi connectivity index (χ1) is 12.2. The Morgan fingerprint density at radius 3 is 2.77 bits per heavy atom. The van der Waals surface area contributed by atoms with Gasteiger partial charge in [-0.3, -0.25) is 0 Å². The Morgan fingerprint density at radius 2 is 2.15 bits per heavy atom. The van der Waals surface area contributed by atoms with Gasteiger partial charge in [0.05, 0.1) is 24.6 Å². The van der Waals surface area contributed by atoms with Crippen LogP contribution in [0.4, 0.5) is 9.18 Å². The molecule has 2 heterocycles. The Balaban J connectivity index is 2.07. The van der Waals surface area contributed by atoms with E-state index in [1.54, 1.807) is 26.8 Å². The number of likely N-dealkylation sites (tertiary alicyclic amines) is 1. The molecule has 0 aliphatic carbocycles. The zero-order chi connectivity index (χ0) is 19.3. The second kappa shape index (κ2) is 7.96. The highest BCUT2D eigenvalue weighted by Gasteiger charge is 2.35. The lowest BCUT2D eigenvalue weighted by atomic mass is 9.97. The van der Waals surface area contributed by atoms with Gasteiger partial charge in [0, 0.05) is 19.4 Å². The predicted molar refractivity (Wildman–Crippen MR) is 87.3 cm³/mol. The third-order valence-electron chi connectivity index (χ3n) is 3.68. The Hall–Kier alpha value is -2.94. The summed E-state index contributed by atoms with van der Waals surface area (Å²) in [4.78, 5) is 21.0. The molecule has 1 amide bonds. The second-order valence-corrected chi connectivity index (χ2v) is 6.92.